The average molecular weight is 653 g/mol. The van der Waals surface area contributed by atoms with E-state index in [9.17, 15) is 14.4 Å². The number of unbranched alkanes of at least 4 members (excludes halogenated alkanes) is 21. The van der Waals surface area contributed by atoms with Crippen molar-refractivity contribution in [2.24, 2.45) is 0 Å². The fourth-order valence-electron chi connectivity index (χ4n) is 6.61. The Morgan fingerprint density at radius 3 is 1.00 bits per heavy atom. The molecule has 0 aliphatic rings. The zero-order chi connectivity index (χ0) is 34.0. The fourth-order valence-corrected chi connectivity index (χ4v) is 6.61. The van der Waals surface area contributed by atoms with E-state index in [1.165, 1.54) is 109 Å². The summed E-state index contributed by atoms with van der Waals surface area (Å²) in [6, 6.07) is 0. The molecule has 0 fully saturated rings. The summed E-state index contributed by atoms with van der Waals surface area (Å²) in [5.41, 5.74) is 0. The second-order valence-corrected chi connectivity index (χ2v) is 13.8. The van der Waals surface area contributed by atoms with Crippen molar-refractivity contribution < 1.29 is 34.2 Å². The predicted molar refractivity (Wildman–Crippen MR) is 191 cm³/mol. The number of carbonyl (C=O) groups is 3. The van der Waals surface area contributed by atoms with E-state index in [4.69, 9.17) is 15.3 Å². The van der Waals surface area contributed by atoms with Crippen molar-refractivity contribution in [1.82, 2.24) is 0 Å². The first-order valence-corrected chi connectivity index (χ1v) is 19.5. The van der Waals surface area contributed by atoms with E-state index in [-0.39, 0.29) is 19.3 Å². The lowest BCUT2D eigenvalue weighted by atomic mass is 10.0. The Kier molecular flexibility index (Phi) is 31.7. The molecule has 0 aliphatic heterocycles. The van der Waals surface area contributed by atoms with Crippen LogP contribution in [0.3, 0.4) is 0 Å². The maximum atomic E-state index is 11.0. The van der Waals surface area contributed by atoms with E-state index < -0.39 is 17.9 Å². The highest BCUT2D eigenvalue weighted by molar-refractivity contribution is 5.67. The Balaban J connectivity index is 4.20. The zero-order valence-electron chi connectivity index (χ0n) is 30.0. The standard InChI is InChI=1S/C39H73NO6/c1-2-3-4-5-6-7-8-9-10-11-12-13-14-15-16-17-18-19-20-21-22-26-33-40(34-27-23-30-37(41)42,35-28-24-31-38(43)44)36-29-25-32-39(45)46/h20-21H,2-19,22-36H2,1H3,(H2-,41,42,43,44,45,46)/p+1/b21-20+. The first-order chi connectivity index (χ1) is 22.3. The number of hydrogen-bond acceptors (Lipinski definition) is 3. The number of aliphatic carboxylic acids is 3. The van der Waals surface area contributed by atoms with Crippen LogP contribution >= 0.6 is 0 Å². The highest BCUT2D eigenvalue weighted by atomic mass is 16.4. The molecule has 0 aromatic carbocycles. The molecule has 0 atom stereocenters. The summed E-state index contributed by atoms with van der Waals surface area (Å²) in [4.78, 5) is 33.1. The summed E-state index contributed by atoms with van der Waals surface area (Å²) < 4.78 is 0.839. The number of allylic oxidation sites excluding steroid dienone is 2. The van der Waals surface area contributed by atoms with Crippen LogP contribution in [0.2, 0.25) is 0 Å². The van der Waals surface area contributed by atoms with Crippen molar-refractivity contribution in [1.29, 1.82) is 0 Å². The van der Waals surface area contributed by atoms with Gasteiger partial charge >= 0.3 is 17.9 Å². The van der Waals surface area contributed by atoms with Gasteiger partial charge in [-0.2, -0.15) is 0 Å². The molecule has 0 aliphatic carbocycles. The van der Waals surface area contributed by atoms with E-state index in [0.29, 0.717) is 19.3 Å². The van der Waals surface area contributed by atoms with Crippen LogP contribution in [0.5, 0.6) is 0 Å². The van der Waals surface area contributed by atoms with E-state index in [1.54, 1.807) is 0 Å². The van der Waals surface area contributed by atoms with Gasteiger partial charge in [-0.15, -0.1) is 0 Å². The number of hydrogen-bond donors (Lipinski definition) is 3. The first kappa shape index (κ1) is 44.1. The Bertz CT molecular complexity index is 698. The number of carboxylic acids is 3. The second-order valence-electron chi connectivity index (χ2n) is 13.8. The van der Waals surface area contributed by atoms with E-state index in [1.807, 2.05) is 0 Å². The summed E-state index contributed by atoms with van der Waals surface area (Å²) in [5, 5.41) is 27.2. The lowest BCUT2D eigenvalue weighted by molar-refractivity contribution is -0.929. The molecule has 0 saturated carbocycles. The van der Waals surface area contributed by atoms with Crippen molar-refractivity contribution in [3.8, 4) is 0 Å². The molecule has 0 aromatic rings. The van der Waals surface area contributed by atoms with Crippen LogP contribution in [0.1, 0.15) is 193 Å². The summed E-state index contributed by atoms with van der Waals surface area (Å²) in [6.45, 7) is 5.86. The van der Waals surface area contributed by atoms with Crippen LogP contribution < -0.4 is 0 Å². The minimum atomic E-state index is -0.772. The van der Waals surface area contributed by atoms with Crippen molar-refractivity contribution in [2.45, 2.75) is 193 Å². The van der Waals surface area contributed by atoms with Crippen molar-refractivity contribution in [3.05, 3.63) is 12.2 Å². The van der Waals surface area contributed by atoms with Crippen LogP contribution in [0.4, 0.5) is 0 Å². The molecule has 46 heavy (non-hydrogen) atoms. The number of carboxylic acid groups (broad SMARTS) is 3. The third kappa shape index (κ3) is 32.1. The third-order valence-electron chi connectivity index (χ3n) is 9.46. The number of nitrogens with zero attached hydrogens (tertiary/aromatic N) is 1. The van der Waals surface area contributed by atoms with E-state index >= 15 is 0 Å². The van der Waals surface area contributed by atoms with Gasteiger partial charge < -0.3 is 19.8 Å². The topological polar surface area (TPSA) is 112 Å². The van der Waals surface area contributed by atoms with Gasteiger partial charge in [-0.3, -0.25) is 14.4 Å². The molecular formula is C39H74NO6+. The monoisotopic (exact) mass is 653 g/mol. The lowest BCUT2D eigenvalue weighted by Crippen LogP contribution is -2.50. The zero-order valence-corrected chi connectivity index (χ0v) is 30.0. The van der Waals surface area contributed by atoms with Gasteiger partial charge in [0, 0.05) is 25.7 Å². The minimum absolute atomic E-state index is 0.167. The van der Waals surface area contributed by atoms with Crippen molar-refractivity contribution in [3.63, 3.8) is 0 Å². The molecule has 0 aromatic heterocycles. The normalized spacial score (nSPS) is 11.8. The maximum absolute atomic E-state index is 11.0. The predicted octanol–water partition coefficient (Wildman–Crippen LogP) is 10.9. The molecule has 0 saturated heterocycles. The highest BCUT2D eigenvalue weighted by Crippen LogP contribution is 2.19. The lowest BCUT2D eigenvalue weighted by Gasteiger charge is -2.39. The number of quaternary nitrogens is 1. The maximum Gasteiger partial charge on any atom is 0.303 e. The molecule has 0 unspecified atom stereocenters. The molecule has 0 heterocycles. The smallest absolute Gasteiger partial charge is 0.303 e. The molecular weight excluding hydrogens is 578 g/mol. The summed E-state index contributed by atoms with van der Waals surface area (Å²) in [6.07, 6.45) is 36.3. The molecule has 0 spiro atoms. The Morgan fingerprint density at radius 1 is 0.391 bits per heavy atom. The van der Waals surface area contributed by atoms with Crippen LogP contribution in [-0.4, -0.2) is 63.9 Å². The summed E-state index contributed by atoms with van der Waals surface area (Å²) in [7, 11) is 0. The van der Waals surface area contributed by atoms with Crippen LogP contribution in [-0.2, 0) is 14.4 Å². The van der Waals surface area contributed by atoms with Crippen LogP contribution in [0, 0.1) is 0 Å². The van der Waals surface area contributed by atoms with Gasteiger partial charge in [0.25, 0.3) is 0 Å². The van der Waals surface area contributed by atoms with Gasteiger partial charge in [0.15, 0.2) is 0 Å². The summed E-state index contributed by atoms with van der Waals surface area (Å²) in [5.74, 6) is -2.32. The molecule has 0 radical (unpaired) electrons. The molecule has 3 N–H and O–H groups in total. The quantitative estimate of drug-likeness (QED) is 0.0350. The molecule has 7 heteroatoms. The summed E-state index contributed by atoms with van der Waals surface area (Å²) >= 11 is 0. The third-order valence-corrected chi connectivity index (χ3v) is 9.46. The van der Waals surface area contributed by atoms with Gasteiger partial charge in [-0.1, -0.05) is 122 Å². The molecule has 7 nitrogen and oxygen atoms in total. The van der Waals surface area contributed by atoms with Gasteiger partial charge in [-0.25, -0.2) is 0 Å². The SMILES string of the molecule is CCCCCCCCCCCCCCCCCCC/C=C/CCC[N+](CCCCC(=O)O)(CCCCC(=O)O)CCCCC(=O)O. The molecule has 0 amide bonds. The van der Waals surface area contributed by atoms with Crippen LogP contribution in [0.25, 0.3) is 0 Å². The van der Waals surface area contributed by atoms with Crippen molar-refractivity contribution >= 4 is 17.9 Å². The van der Waals surface area contributed by atoms with E-state index in [0.717, 1.165) is 69.2 Å². The van der Waals surface area contributed by atoms with Crippen molar-refractivity contribution in [2.75, 3.05) is 26.2 Å². The molecule has 270 valence electrons. The Labute approximate surface area is 283 Å². The van der Waals surface area contributed by atoms with Gasteiger partial charge in [-0.05, 0) is 57.8 Å². The largest absolute Gasteiger partial charge is 0.481 e. The molecule has 0 rings (SSSR count). The number of rotatable bonds is 37. The fraction of sp³-hybridized carbons (Fsp3) is 0.872. The first-order valence-electron chi connectivity index (χ1n) is 19.5. The van der Waals surface area contributed by atoms with Gasteiger partial charge in [0.05, 0.1) is 26.2 Å². The average Bonchev–Trinajstić information content (AvgIpc) is 3.02. The van der Waals surface area contributed by atoms with Crippen LogP contribution in [0.15, 0.2) is 12.2 Å². The van der Waals surface area contributed by atoms with Gasteiger partial charge in [0.1, 0.15) is 0 Å². The minimum Gasteiger partial charge on any atom is -0.481 e. The molecule has 0 bridgehead atoms. The highest BCUT2D eigenvalue weighted by Gasteiger charge is 2.26. The Morgan fingerprint density at radius 2 is 0.674 bits per heavy atom. The van der Waals surface area contributed by atoms with E-state index in [2.05, 4.69) is 19.1 Å². The second kappa shape index (κ2) is 33.0. The van der Waals surface area contributed by atoms with Gasteiger partial charge in [0.2, 0.25) is 0 Å². The Hall–Kier alpha value is -1.89.